The SMILES string of the molecule is CN(C)[C@H]1CCCN(Cc2ccc(CCC(C)(C)O)cc2)C1. The van der Waals surface area contributed by atoms with Gasteiger partial charge in [0.1, 0.15) is 0 Å². The average molecular weight is 304 g/mol. The zero-order valence-electron chi connectivity index (χ0n) is 14.7. The van der Waals surface area contributed by atoms with Gasteiger partial charge in [0.05, 0.1) is 5.60 Å². The maximum Gasteiger partial charge on any atom is 0.0594 e. The summed E-state index contributed by atoms with van der Waals surface area (Å²) in [5.41, 5.74) is 2.13. The summed E-state index contributed by atoms with van der Waals surface area (Å²) < 4.78 is 0. The predicted octanol–water partition coefficient (Wildman–Crippen LogP) is 2.92. The number of nitrogens with zero attached hydrogens (tertiary/aromatic N) is 2. The van der Waals surface area contributed by atoms with Crippen LogP contribution in [0.5, 0.6) is 0 Å². The number of rotatable bonds is 6. The third kappa shape index (κ3) is 5.71. The van der Waals surface area contributed by atoms with Gasteiger partial charge in [-0.15, -0.1) is 0 Å². The molecular formula is C19H32N2O. The predicted molar refractivity (Wildman–Crippen MR) is 93.0 cm³/mol. The Kier molecular flexibility index (Phi) is 6.01. The van der Waals surface area contributed by atoms with Crippen LogP contribution in [0, 0.1) is 0 Å². The van der Waals surface area contributed by atoms with E-state index in [0.717, 1.165) is 19.4 Å². The summed E-state index contributed by atoms with van der Waals surface area (Å²) in [6.07, 6.45) is 4.37. The lowest BCUT2D eigenvalue weighted by molar-refractivity contribution is 0.0714. The van der Waals surface area contributed by atoms with Crippen molar-refractivity contribution in [2.45, 2.75) is 57.7 Å². The standard InChI is InChI=1S/C19H32N2O/c1-19(2,22)12-11-16-7-9-17(10-8-16)14-21-13-5-6-18(15-21)20(3)4/h7-10,18,22H,5-6,11-15H2,1-4H3/t18-/m0/s1. The molecule has 3 nitrogen and oxygen atoms in total. The van der Waals surface area contributed by atoms with Gasteiger partial charge in [0.25, 0.3) is 0 Å². The monoisotopic (exact) mass is 304 g/mol. The van der Waals surface area contributed by atoms with E-state index in [0.29, 0.717) is 6.04 Å². The van der Waals surface area contributed by atoms with E-state index in [2.05, 4.69) is 48.2 Å². The molecule has 2 rings (SSSR count). The van der Waals surface area contributed by atoms with Crippen LogP contribution in [-0.2, 0) is 13.0 Å². The molecule has 0 radical (unpaired) electrons. The van der Waals surface area contributed by atoms with Crippen LogP contribution >= 0.6 is 0 Å². The molecule has 1 saturated heterocycles. The summed E-state index contributed by atoms with van der Waals surface area (Å²) in [6.45, 7) is 7.19. The van der Waals surface area contributed by atoms with Gasteiger partial charge in [-0.05, 0) is 71.3 Å². The highest BCUT2D eigenvalue weighted by molar-refractivity contribution is 5.23. The molecule has 3 heteroatoms. The smallest absolute Gasteiger partial charge is 0.0594 e. The molecule has 1 heterocycles. The molecule has 1 N–H and O–H groups in total. The quantitative estimate of drug-likeness (QED) is 0.875. The Hall–Kier alpha value is -0.900. The Morgan fingerprint density at radius 3 is 2.41 bits per heavy atom. The fraction of sp³-hybridized carbons (Fsp3) is 0.684. The summed E-state index contributed by atoms with van der Waals surface area (Å²) in [5.74, 6) is 0. The molecular weight excluding hydrogens is 272 g/mol. The van der Waals surface area contributed by atoms with E-state index in [1.165, 1.54) is 37.1 Å². The van der Waals surface area contributed by atoms with E-state index >= 15 is 0 Å². The van der Waals surface area contributed by atoms with Crippen LogP contribution in [0.15, 0.2) is 24.3 Å². The van der Waals surface area contributed by atoms with Crippen molar-refractivity contribution in [1.29, 1.82) is 0 Å². The van der Waals surface area contributed by atoms with E-state index in [4.69, 9.17) is 0 Å². The van der Waals surface area contributed by atoms with Crippen molar-refractivity contribution in [1.82, 2.24) is 9.80 Å². The Bertz CT molecular complexity index is 447. The minimum Gasteiger partial charge on any atom is -0.390 e. The van der Waals surface area contributed by atoms with Crippen molar-refractivity contribution < 1.29 is 5.11 Å². The van der Waals surface area contributed by atoms with Gasteiger partial charge < -0.3 is 10.0 Å². The molecule has 0 bridgehead atoms. The normalized spacial score (nSPS) is 20.5. The van der Waals surface area contributed by atoms with Gasteiger partial charge >= 0.3 is 0 Å². The minimum absolute atomic E-state index is 0.576. The van der Waals surface area contributed by atoms with Crippen LogP contribution in [0.2, 0.25) is 0 Å². The maximum absolute atomic E-state index is 9.81. The number of piperidine rings is 1. The molecule has 0 spiro atoms. The topological polar surface area (TPSA) is 26.7 Å². The zero-order valence-corrected chi connectivity index (χ0v) is 14.7. The maximum atomic E-state index is 9.81. The van der Waals surface area contributed by atoms with Gasteiger partial charge in [-0.1, -0.05) is 24.3 Å². The van der Waals surface area contributed by atoms with Crippen molar-refractivity contribution in [3.63, 3.8) is 0 Å². The number of hydrogen-bond acceptors (Lipinski definition) is 3. The number of benzene rings is 1. The summed E-state index contributed by atoms with van der Waals surface area (Å²) in [6, 6.07) is 9.63. The summed E-state index contributed by atoms with van der Waals surface area (Å²) >= 11 is 0. The van der Waals surface area contributed by atoms with Crippen molar-refractivity contribution in [2.24, 2.45) is 0 Å². The molecule has 0 unspecified atom stereocenters. The van der Waals surface area contributed by atoms with Crippen LogP contribution in [0.1, 0.15) is 44.2 Å². The highest BCUT2D eigenvalue weighted by atomic mass is 16.3. The summed E-state index contributed by atoms with van der Waals surface area (Å²) in [7, 11) is 4.37. The first-order valence-corrected chi connectivity index (χ1v) is 8.52. The largest absolute Gasteiger partial charge is 0.390 e. The Morgan fingerprint density at radius 2 is 1.82 bits per heavy atom. The molecule has 0 aromatic heterocycles. The number of likely N-dealkylation sites (N-methyl/N-ethyl adjacent to an activating group) is 1. The fourth-order valence-corrected chi connectivity index (χ4v) is 3.12. The number of hydrogen-bond donors (Lipinski definition) is 1. The molecule has 1 atom stereocenters. The number of aliphatic hydroxyl groups is 1. The van der Waals surface area contributed by atoms with Gasteiger partial charge in [0, 0.05) is 19.1 Å². The third-order valence-corrected chi connectivity index (χ3v) is 4.67. The van der Waals surface area contributed by atoms with Gasteiger partial charge in [-0.3, -0.25) is 4.90 Å². The molecule has 1 aliphatic rings. The highest BCUT2D eigenvalue weighted by Crippen LogP contribution is 2.18. The second-order valence-electron chi connectivity index (χ2n) is 7.62. The van der Waals surface area contributed by atoms with Gasteiger partial charge in [-0.25, -0.2) is 0 Å². The van der Waals surface area contributed by atoms with E-state index in [1.54, 1.807) is 0 Å². The molecule has 0 amide bonds. The number of aryl methyl sites for hydroxylation is 1. The Labute approximate surface area is 135 Å². The second kappa shape index (κ2) is 7.58. The average Bonchev–Trinajstić information content (AvgIpc) is 2.46. The van der Waals surface area contributed by atoms with Crippen molar-refractivity contribution in [2.75, 3.05) is 27.2 Å². The third-order valence-electron chi connectivity index (χ3n) is 4.67. The van der Waals surface area contributed by atoms with Crippen LogP contribution < -0.4 is 0 Å². The molecule has 1 aromatic carbocycles. The molecule has 1 aliphatic heterocycles. The van der Waals surface area contributed by atoms with Crippen LogP contribution in [0.3, 0.4) is 0 Å². The van der Waals surface area contributed by atoms with E-state index < -0.39 is 5.60 Å². The van der Waals surface area contributed by atoms with E-state index in [-0.39, 0.29) is 0 Å². The molecule has 22 heavy (non-hydrogen) atoms. The molecule has 0 aliphatic carbocycles. The molecule has 1 fully saturated rings. The lowest BCUT2D eigenvalue weighted by atomic mass is 9.98. The van der Waals surface area contributed by atoms with Gasteiger partial charge in [0.2, 0.25) is 0 Å². The lowest BCUT2D eigenvalue weighted by Gasteiger charge is -2.36. The highest BCUT2D eigenvalue weighted by Gasteiger charge is 2.21. The summed E-state index contributed by atoms with van der Waals surface area (Å²) in [4.78, 5) is 4.92. The molecule has 124 valence electrons. The molecule has 1 aromatic rings. The van der Waals surface area contributed by atoms with E-state index in [1.807, 2.05) is 13.8 Å². The zero-order chi connectivity index (χ0) is 16.2. The fourth-order valence-electron chi connectivity index (χ4n) is 3.12. The first kappa shape index (κ1) is 17.5. The first-order valence-electron chi connectivity index (χ1n) is 8.52. The minimum atomic E-state index is -0.576. The first-order chi connectivity index (χ1) is 10.3. The van der Waals surface area contributed by atoms with Crippen LogP contribution in [0.4, 0.5) is 0 Å². The second-order valence-corrected chi connectivity index (χ2v) is 7.62. The van der Waals surface area contributed by atoms with E-state index in [9.17, 15) is 5.11 Å². The van der Waals surface area contributed by atoms with Gasteiger partial charge in [-0.2, -0.15) is 0 Å². The van der Waals surface area contributed by atoms with Crippen LogP contribution in [-0.4, -0.2) is 53.7 Å². The summed E-state index contributed by atoms with van der Waals surface area (Å²) in [5, 5.41) is 9.81. The Balaban J connectivity index is 1.85. The van der Waals surface area contributed by atoms with Crippen LogP contribution in [0.25, 0.3) is 0 Å². The molecule has 0 saturated carbocycles. The van der Waals surface area contributed by atoms with Gasteiger partial charge in [0.15, 0.2) is 0 Å². The lowest BCUT2D eigenvalue weighted by Crippen LogP contribution is -2.44. The van der Waals surface area contributed by atoms with Crippen molar-refractivity contribution in [3.05, 3.63) is 35.4 Å². The van der Waals surface area contributed by atoms with Crippen molar-refractivity contribution in [3.8, 4) is 0 Å². The van der Waals surface area contributed by atoms with Crippen molar-refractivity contribution >= 4 is 0 Å². The Morgan fingerprint density at radius 1 is 1.18 bits per heavy atom. The number of likely N-dealkylation sites (tertiary alicyclic amines) is 1.